The van der Waals surface area contributed by atoms with Crippen molar-refractivity contribution in [1.29, 1.82) is 0 Å². The molecule has 2 N–H and O–H groups in total. The van der Waals surface area contributed by atoms with Gasteiger partial charge in [0.05, 0.1) is 0 Å². The second kappa shape index (κ2) is 6.44. The van der Waals surface area contributed by atoms with Gasteiger partial charge in [0.1, 0.15) is 0 Å². The predicted molar refractivity (Wildman–Crippen MR) is 53.2 cm³/mol. The van der Waals surface area contributed by atoms with E-state index in [2.05, 4.69) is 13.8 Å². The summed E-state index contributed by atoms with van der Waals surface area (Å²) in [6.07, 6.45) is 4.30. The number of hydrogen-bond acceptors (Lipinski definition) is 2. The zero-order valence-electron chi connectivity index (χ0n) is 8.73. The van der Waals surface area contributed by atoms with Gasteiger partial charge in [-0.1, -0.05) is 13.8 Å². The summed E-state index contributed by atoms with van der Waals surface area (Å²) in [7, 11) is 0. The van der Waals surface area contributed by atoms with Crippen molar-refractivity contribution in [1.82, 2.24) is 0 Å². The van der Waals surface area contributed by atoms with Gasteiger partial charge in [0.2, 0.25) is 0 Å². The first-order chi connectivity index (χ1) is 5.68. The van der Waals surface area contributed by atoms with Crippen molar-refractivity contribution < 1.29 is 4.74 Å². The lowest BCUT2D eigenvalue weighted by Gasteiger charge is -2.26. The third kappa shape index (κ3) is 4.73. The van der Waals surface area contributed by atoms with Gasteiger partial charge < -0.3 is 10.5 Å². The summed E-state index contributed by atoms with van der Waals surface area (Å²) in [5, 5.41) is 0. The highest BCUT2D eigenvalue weighted by atomic mass is 16.5. The largest absolute Gasteiger partial charge is 0.382 e. The van der Waals surface area contributed by atoms with Crippen molar-refractivity contribution >= 4 is 0 Å². The van der Waals surface area contributed by atoms with E-state index in [0.29, 0.717) is 0 Å². The molecular weight excluding hydrogens is 150 g/mol. The highest BCUT2D eigenvalue weighted by molar-refractivity contribution is 4.80. The zero-order valence-corrected chi connectivity index (χ0v) is 8.73. The molecule has 0 aromatic rings. The van der Waals surface area contributed by atoms with Crippen LogP contribution in [0.1, 0.15) is 46.5 Å². The van der Waals surface area contributed by atoms with Crippen LogP contribution in [0.4, 0.5) is 0 Å². The second-order valence-corrected chi connectivity index (χ2v) is 3.37. The summed E-state index contributed by atoms with van der Waals surface area (Å²) in [4.78, 5) is 0. The van der Waals surface area contributed by atoms with E-state index in [0.717, 1.165) is 38.9 Å². The lowest BCUT2D eigenvalue weighted by atomic mass is 9.89. The van der Waals surface area contributed by atoms with E-state index in [1.807, 2.05) is 6.92 Å². The third-order valence-electron chi connectivity index (χ3n) is 2.58. The molecule has 0 aromatic carbocycles. The number of rotatable bonds is 7. The number of nitrogens with two attached hydrogens (primary N) is 1. The maximum Gasteiger partial charge on any atom is 0.0466 e. The summed E-state index contributed by atoms with van der Waals surface area (Å²) in [6.45, 7) is 8.01. The van der Waals surface area contributed by atoms with Crippen molar-refractivity contribution in [3.05, 3.63) is 0 Å². The Labute approximate surface area is 76.5 Å². The third-order valence-corrected chi connectivity index (χ3v) is 2.58. The molecule has 2 nitrogen and oxygen atoms in total. The van der Waals surface area contributed by atoms with E-state index in [1.54, 1.807) is 0 Å². The zero-order chi connectivity index (χ0) is 9.45. The Kier molecular flexibility index (Phi) is 6.39. The molecule has 0 saturated carbocycles. The Balaban J connectivity index is 3.45. The first-order valence-electron chi connectivity index (χ1n) is 5.05. The highest BCUT2D eigenvalue weighted by Crippen LogP contribution is 2.17. The van der Waals surface area contributed by atoms with Crippen molar-refractivity contribution in [3.8, 4) is 0 Å². The molecule has 0 saturated heterocycles. The van der Waals surface area contributed by atoms with Crippen LogP contribution in [0.15, 0.2) is 0 Å². The second-order valence-electron chi connectivity index (χ2n) is 3.37. The van der Waals surface area contributed by atoms with E-state index in [1.165, 1.54) is 0 Å². The minimum absolute atomic E-state index is 0.0527. The predicted octanol–water partition coefficient (Wildman–Crippen LogP) is 2.32. The summed E-state index contributed by atoms with van der Waals surface area (Å²) in [6, 6.07) is 0. The SMILES string of the molecule is CCOCCCC(N)(CC)CC. The van der Waals surface area contributed by atoms with Crippen LogP contribution < -0.4 is 5.73 Å². The fourth-order valence-electron chi connectivity index (χ4n) is 1.27. The van der Waals surface area contributed by atoms with Crippen LogP contribution in [0.5, 0.6) is 0 Å². The summed E-state index contributed by atoms with van der Waals surface area (Å²) < 4.78 is 5.26. The van der Waals surface area contributed by atoms with E-state index in [4.69, 9.17) is 10.5 Å². The Hall–Kier alpha value is -0.0800. The average molecular weight is 173 g/mol. The monoisotopic (exact) mass is 173 g/mol. The highest BCUT2D eigenvalue weighted by Gasteiger charge is 2.18. The Bertz CT molecular complexity index is 100. The van der Waals surface area contributed by atoms with Crippen molar-refractivity contribution in [2.45, 2.75) is 52.0 Å². The lowest BCUT2D eigenvalue weighted by Crippen LogP contribution is -2.38. The molecule has 0 amide bonds. The first-order valence-corrected chi connectivity index (χ1v) is 5.05. The molecule has 0 aromatic heterocycles. The molecule has 0 aliphatic rings. The van der Waals surface area contributed by atoms with Crippen LogP contribution in [0.3, 0.4) is 0 Å². The molecule has 0 atom stereocenters. The van der Waals surface area contributed by atoms with Crippen molar-refractivity contribution in [3.63, 3.8) is 0 Å². The van der Waals surface area contributed by atoms with Crippen LogP contribution in [0.2, 0.25) is 0 Å². The molecule has 0 bridgehead atoms. The Morgan fingerprint density at radius 2 is 1.75 bits per heavy atom. The van der Waals surface area contributed by atoms with Crippen LogP contribution in [-0.2, 0) is 4.74 Å². The molecule has 0 radical (unpaired) electrons. The van der Waals surface area contributed by atoms with E-state index in [9.17, 15) is 0 Å². The van der Waals surface area contributed by atoms with Gasteiger partial charge in [-0.05, 0) is 32.6 Å². The number of ether oxygens (including phenoxy) is 1. The Morgan fingerprint density at radius 3 is 2.17 bits per heavy atom. The summed E-state index contributed by atoms with van der Waals surface area (Å²) in [5.41, 5.74) is 6.18. The van der Waals surface area contributed by atoms with Gasteiger partial charge in [0.15, 0.2) is 0 Å². The topological polar surface area (TPSA) is 35.2 Å². The molecule has 74 valence electrons. The maximum absolute atomic E-state index is 6.12. The average Bonchev–Trinajstić information content (AvgIpc) is 2.12. The summed E-state index contributed by atoms with van der Waals surface area (Å²) >= 11 is 0. The quantitative estimate of drug-likeness (QED) is 0.600. The molecular formula is C10H23NO. The van der Waals surface area contributed by atoms with Crippen LogP contribution in [0.25, 0.3) is 0 Å². The van der Waals surface area contributed by atoms with Gasteiger partial charge in [-0.15, -0.1) is 0 Å². The molecule has 0 unspecified atom stereocenters. The maximum atomic E-state index is 6.12. The number of hydrogen-bond donors (Lipinski definition) is 1. The van der Waals surface area contributed by atoms with E-state index < -0.39 is 0 Å². The smallest absolute Gasteiger partial charge is 0.0466 e. The van der Waals surface area contributed by atoms with E-state index >= 15 is 0 Å². The van der Waals surface area contributed by atoms with E-state index in [-0.39, 0.29) is 5.54 Å². The molecule has 12 heavy (non-hydrogen) atoms. The fraction of sp³-hybridized carbons (Fsp3) is 1.00. The normalized spacial score (nSPS) is 12.0. The molecule has 0 heterocycles. The van der Waals surface area contributed by atoms with Gasteiger partial charge in [-0.3, -0.25) is 0 Å². The van der Waals surface area contributed by atoms with Crippen LogP contribution in [0, 0.1) is 0 Å². The van der Waals surface area contributed by atoms with Crippen LogP contribution in [-0.4, -0.2) is 18.8 Å². The van der Waals surface area contributed by atoms with Gasteiger partial charge >= 0.3 is 0 Å². The molecule has 0 fully saturated rings. The van der Waals surface area contributed by atoms with Crippen LogP contribution >= 0.6 is 0 Å². The van der Waals surface area contributed by atoms with Gasteiger partial charge in [-0.2, -0.15) is 0 Å². The minimum Gasteiger partial charge on any atom is -0.382 e. The van der Waals surface area contributed by atoms with Crippen molar-refractivity contribution in [2.75, 3.05) is 13.2 Å². The first kappa shape index (κ1) is 11.9. The van der Waals surface area contributed by atoms with Crippen molar-refractivity contribution in [2.24, 2.45) is 5.73 Å². The van der Waals surface area contributed by atoms with Gasteiger partial charge in [0, 0.05) is 18.8 Å². The molecule has 0 spiro atoms. The molecule has 0 aliphatic carbocycles. The van der Waals surface area contributed by atoms with Gasteiger partial charge in [0.25, 0.3) is 0 Å². The van der Waals surface area contributed by atoms with Gasteiger partial charge in [-0.25, -0.2) is 0 Å². The molecule has 0 rings (SSSR count). The lowest BCUT2D eigenvalue weighted by molar-refractivity contribution is 0.136. The standard InChI is InChI=1S/C10H23NO/c1-4-10(11,5-2)8-7-9-12-6-3/h4-9,11H2,1-3H3. The summed E-state index contributed by atoms with van der Waals surface area (Å²) in [5.74, 6) is 0. The Morgan fingerprint density at radius 1 is 1.17 bits per heavy atom. The minimum atomic E-state index is 0.0527. The molecule has 2 heteroatoms. The fourth-order valence-corrected chi connectivity index (χ4v) is 1.27. The molecule has 0 aliphatic heterocycles.